The van der Waals surface area contributed by atoms with Crippen LogP contribution in [0.4, 0.5) is 0 Å². The van der Waals surface area contributed by atoms with E-state index in [1.165, 1.54) is 0 Å². The van der Waals surface area contributed by atoms with Gasteiger partial charge < -0.3 is 10.4 Å². The molecule has 1 amide bonds. The first-order valence-electron chi connectivity index (χ1n) is 5.79. The molecule has 2 unspecified atom stereocenters. The number of likely N-dealkylation sites (tertiary alicyclic amines) is 1. The fraction of sp³-hybridized carbons (Fsp3) is 0.818. The number of aliphatic carboxylic acids is 1. The molecule has 0 spiro atoms. The zero-order valence-electron chi connectivity index (χ0n) is 9.90. The van der Waals surface area contributed by atoms with Gasteiger partial charge in [-0.1, -0.05) is 6.92 Å². The third kappa shape index (κ3) is 3.20. The molecule has 16 heavy (non-hydrogen) atoms. The molecular weight excluding hydrogens is 208 g/mol. The molecule has 1 aliphatic rings. The van der Waals surface area contributed by atoms with Gasteiger partial charge in [0.1, 0.15) is 6.04 Å². The lowest BCUT2D eigenvalue weighted by Crippen LogP contribution is -2.52. The highest BCUT2D eigenvalue weighted by atomic mass is 16.4. The minimum atomic E-state index is -0.823. The standard InChI is InChI=1S/C11H20N2O3/c1-3-12-9(14)7-13-6-4-5-8(2)10(13)11(15)16/h8,10H,3-7H2,1-2H3,(H,12,14)(H,15,16). The van der Waals surface area contributed by atoms with Crippen LogP contribution in [0.2, 0.25) is 0 Å². The molecule has 0 aromatic heterocycles. The molecule has 92 valence electrons. The number of carbonyl (C=O) groups excluding carboxylic acids is 1. The number of likely N-dealkylation sites (N-methyl/N-ethyl adjacent to an activating group) is 1. The summed E-state index contributed by atoms with van der Waals surface area (Å²) in [5, 5.41) is 11.8. The zero-order chi connectivity index (χ0) is 12.1. The SMILES string of the molecule is CCNC(=O)CN1CCCC(C)C1C(=O)O. The van der Waals surface area contributed by atoms with Crippen LogP contribution in [0.3, 0.4) is 0 Å². The molecule has 2 atom stereocenters. The van der Waals surface area contributed by atoms with Gasteiger partial charge >= 0.3 is 5.97 Å². The summed E-state index contributed by atoms with van der Waals surface area (Å²) >= 11 is 0. The van der Waals surface area contributed by atoms with Gasteiger partial charge in [-0.15, -0.1) is 0 Å². The van der Waals surface area contributed by atoms with Gasteiger partial charge in [-0.05, 0) is 32.2 Å². The van der Waals surface area contributed by atoms with Gasteiger partial charge in [0.25, 0.3) is 0 Å². The van der Waals surface area contributed by atoms with Gasteiger partial charge in [-0.3, -0.25) is 14.5 Å². The Morgan fingerprint density at radius 3 is 2.75 bits per heavy atom. The van der Waals surface area contributed by atoms with Crippen molar-refractivity contribution < 1.29 is 14.7 Å². The monoisotopic (exact) mass is 228 g/mol. The fourth-order valence-electron chi connectivity index (χ4n) is 2.29. The Kier molecular flexibility index (Phi) is 4.73. The molecule has 5 heteroatoms. The summed E-state index contributed by atoms with van der Waals surface area (Å²) in [5.74, 6) is -0.806. The smallest absolute Gasteiger partial charge is 0.321 e. The molecule has 5 nitrogen and oxygen atoms in total. The first kappa shape index (κ1) is 13.0. The molecule has 1 saturated heterocycles. The number of carboxylic acid groups (broad SMARTS) is 1. The van der Waals surface area contributed by atoms with E-state index >= 15 is 0 Å². The summed E-state index contributed by atoms with van der Waals surface area (Å²) in [6.45, 7) is 5.25. The maximum atomic E-state index is 11.4. The van der Waals surface area contributed by atoms with Crippen molar-refractivity contribution in [2.45, 2.75) is 32.7 Å². The number of hydrogen-bond acceptors (Lipinski definition) is 3. The second-order valence-corrected chi connectivity index (χ2v) is 4.33. The summed E-state index contributed by atoms with van der Waals surface area (Å²) < 4.78 is 0. The maximum Gasteiger partial charge on any atom is 0.321 e. The van der Waals surface area contributed by atoms with E-state index in [0.29, 0.717) is 13.1 Å². The minimum Gasteiger partial charge on any atom is -0.480 e. The van der Waals surface area contributed by atoms with Crippen LogP contribution in [0, 0.1) is 5.92 Å². The summed E-state index contributed by atoms with van der Waals surface area (Å²) in [5.41, 5.74) is 0. The van der Waals surface area contributed by atoms with E-state index in [2.05, 4.69) is 5.32 Å². The van der Waals surface area contributed by atoms with Crippen molar-refractivity contribution in [1.29, 1.82) is 0 Å². The number of carbonyl (C=O) groups is 2. The molecule has 2 N–H and O–H groups in total. The average Bonchev–Trinajstić information content (AvgIpc) is 2.17. The Morgan fingerprint density at radius 1 is 1.50 bits per heavy atom. The zero-order valence-corrected chi connectivity index (χ0v) is 9.90. The number of piperidine rings is 1. The molecule has 0 saturated carbocycles. The van der Waals surface area contributed by atoms with E-state index in [1.54, 1.807) is 4.90 Å². The fourth-order valence-corrected chi connectivity index (χ4v) is 2.29. The second kappa shape index (κ2) is 5.84. The Bertz CT molecular complexity index is 268. The average molecular weight is 228 g/mol. The quantitative estimate of drug-likeness (QED) is 0.726. The van der Waals surface area contributed by atoms with Crippen LogP contribution in [-0.4, -0.2) is 47.6 Å². The molecule has 1 heterocycles. The van der Waals surface area contributed by atoms with Crippen molar-refractivity contribution in [3.8, 4) is 0 Å². The predicted molar refractivity (Wildman–Crippen MR) is 60.1 cm³/mol. The van der Waals surface area contributed by atoms with Crippen LogP contribution < -0.4 is 5.32 Å². The Labute approximate surface area is 95.8 Å². The van der Waals surface area contributed by atoms with Crippen molar-refractivity contribution in [1.82, 2.24) is 10.2 Å². The first-order chi connectivity index (χ1) is 7.56. The predicted octanol–water partition coefficient (Wildman–Crippen LogP) is 0.308. The van der Waals surface area contributed by atoms with Gasteiger partial charge in [0.15, 0.2) is 0 Å². The van der Waals surface area contributed by atoms with E-state index < -0.39 is 12.0 Å². The van der Waals surface area contributed by atoms with Crippen LogP contribution >= 0.6 is 0 Å². The van der Waals surface area contributed by atoms with Crippen molar-refractivity contribution in [3.63, 3.8) is 0 Å². The Balaban J connectivity index is 2.61. The summed E-state index contributed by atoms with van der Waals surface area (Å²) in [6, 6.07) is -0.517. The van der Waals surface area contributed by atoms with Gasteiger partial charge in [0.2, 0.25) is 5.91 Å². The van der Waals surface area contributed by atoms with Crippen molar-refractivity contribution >= 4 is 11.9 Å². The van der Waals surface area contributed by atoms with Gasteiger partial charge in [-0.25, -0.2) is 0 Å². The molecular formula is C11H20N2O3. The van der Waals surface area contributed by atoms with Gasteiger partial charge in [-0.2, -0.15) is 0 Å². The van der Waals surface area contributed by atoms with E-state index in [0.717, 1.165) is 12.8 Å². The van der Waals surface area contributed by atoms with Gasteiger partial charge in [0.05, 0.1) is 6.54 Å². The first-order valence-corrected chi connectivity index (χ1v) is 5.79. The van der Waals surface area contributed by atoms with E-state index in [4.69, 9.17) is 5.11 Å². The topological polar surface area (TPSA) is 69.6 Å². The second-order valence-electron chi connectivity index (χ2n) is 4.33. The van der Waals surface area contributed by atoms with Crippen LogP contribution in [-0.2, 0) is 9.59 Å². The summed E-state index contributed by atoms with van der Waals surface area (Å²) in [4.78, 5) is 24.3. The van der Waals surface area contributed by atoms with Crippen molar-refractivity contribution in [2.75, 3.05) is 19.6 Å². The maximum absolute atomic E-state index is 11.4. The molecule has 0 aromatic rings. The molecule has 1 rings (SSSR count). The summed E-state index contributed by atoms with van der Waals surface area (Å²) in [6.07, 6.45) is 1.88. The van der Waals surface area contributed by atoms with Crippen LogP contribution in [0.1, 0.15) is 26.7 Å². The highest BCUT2D eigenvalue weighted by molar-refractivity contribution is 5.80. The number of rotatable bonds is 4. The molecule has 0 aromatic carbocycles. The largest absolute Gasteiger partial charge is 0.480 e. The van der Waals surface area contributed by atoms with Crippen LogP contribution in [0.25, 0.3) is 0 Å². The van der Waals surface area contributed by atoms with Crippen LogP contribution in [0.15, 0.2) is 0 Å². The van der Waals surface area contributed by atoms with Crippen molar-refractivity contribution in [2.24, 2.45) is 5.92 Å². The number of hydrogen-bond donors (Lipinski definition) is 2. The Morgan fingerprint density at radius 2 is 2.19 bits per heavy atom. The minimum absolute atomic E-state index is 0.0946. The molecule has 1 aliphatic heterocycles. The van der Waals surface area contributed by atoms with Crippen molar-refractivity contribution in [3.05, 3.63) is 0 Å². The number of nitrogens with one attached hydrogen (secondary N) is 1. The van der Waals surface area contributed by atoms with E-state index in [9.17, 15) is 9.59 Å². The number of amides is 1. The molecule has 0 aliphatic carbocycles. The van der Waals surface area contributed by atoms with E-state index in [1.807, 2.05) is 13.8 Å². The normalized spacial score (nSPS) is 26.4. The molecule has 0 bridgehead atoms. The number of carboxylic acids is 1. The van der Waals surface area contributed by atoms with E-state index in [-0.39, 0.29) is 18.4 Å². The third-order valence-electron chi connectivity index (χ3n) is 3.01. The lowest BCUT2D eigenvalue weighted by molar-refractivity contribution is -0.147. The lowest BCUT2D eigenvalue weighted by atomic mass is 9.91. The van der Waals surface area contributed by atoms with Crippen LogP contribution in [0.5, 0.6) is 0 Å². The third-order valence-corrected chi connectivity index (χ3v) is 3.01. The highest BCUT2D eigenvalue weighted by Crippen LogP contribution is 2.22. The number of nitrogens with zero attached hydrogens (tertiary/aromatic N) is 1. The van der Waals surface area contributed by atoms with Gasteiger partial charge in [0, 0.05) is 6.54 Å². The lowest BCUT2D eigenvalue weighted by Gasteiger charge is -2.36. The summed E-state index contributed by atoms with van der Waals surface area (Å²) in [7, 11) is 0. The molecule has 0 radical (unpaired) electrons. The Hall–Kier alpha value is -1.10. The molecule has 1 fully saturated rings. The highest BCUT2D eigenvalue weighted by Gasteiger charge is 2.34.